The van der Waals surface area contributed by atoms with Gasteiger partial charge in [-0.25, -0.2) is 0 Å². The minimum Gasteiger partial charge on any atom is -0.103 e. The van der Waals surface area contributed by atoms with Crippen LogP contribution in [0, 0.1) is 11.3 Å². The normalized spacial score (nSPS) is 13.9. The van der Waals surface area contributed by atoms with Crippen molar-refractivity contribution in [2.24, 2.45) is 11.3 Å². The lowest BCUT2D eigenvalue weighted by Gasteiger charge is -2.25. The molecule has 1 atom stereocenters. The SMILES string of the molecule is C=CCC(C)(C)CCC(CC)CCCC. The number of hydrogen-bond acceptors (Lipinski definition) is 0. The molecule has 0 radical (unpaired) electrons. The summed E-state index contributed by atoms with van der Waals surface area (Å²) in [7, 11) is 0. The molecule has 0 heteroatoms. The van der Waals surface area contributed by atoms with Gasteiger partial charge in [0.2, 0.25) is 0 Å². The molecule has 0 saturated carbocycles. The Balaban J connectivity index is 3.82. The van der Waals surface area contributed by atoms with Gasteiger partial charge in [-0.05, 0) is 30.6 Å². The summed E-state index contributed by atoms with van der Waals surface area (Å²) in [5, 5.41) is 0. The average molecular weight is 210 g/mol. The molecule has 0 aromatic heterocycles. The van der Waals surface area contributed by atoms with E-state index in [0.717, 1.165) is 12.3 Å². The van der Waals surface area contributed by atoms with E-state index in [-0.39, 0.29) is 0 Å². The Bertz CT molecular complexity index is 155. The van der Waals surface area contributed by atoms with E-state index in [1.165, 1.54) is 38.5 Å². The second kappa shape index (κ2) is 7.96. The standard InChI is InChI=1S/C15H30/c1-6-9-10-14(8-3)11-13-15(4,5)12-7-2/h7,14H,2,6,8-13H2,1,3-5H3. The second-order valence-electron chi connectivity index (χ2n) is 5.61. The highest BCUT2D eigenvalue weighted by Gasteiger charge is 2.17. The summed E-state index contributed by atoms with van der Waals surface area (Å²) in [5.41, 5.74) is 0.460. The number of allylic oxidation sites excluding steroid dienone is 1. The van der Waals surface area contributed by atoms with Crippen molar-refractivity contribution in [1.82, 2.24) is 0 Å². The molecule has 0 nitrogen and oxygen atoms in total. The van der Waals surface area contributed by atoms with Crippen molar-refractivity contribution in [2.75, 3.05) is 0 Å². The van der Waals surface area contributed by atoms with E-state index in [0.29, 0.717) is 5.41 Å². The van der Waals surface area contributed by atoms with Crippen LogP contribution in [0.2, 0.25) is 0 Å². The van der Waals surface area contributed by atoms with Crippen molar-refractivity contribution in [1.29, 1.82) is 0 Å². The van der Waals surface area contributed by atoms with Gasteiger partial charge in [-0.1, -0.05) is 59.5 Å². The topological polar surface area (TPSA) is 0 Å². The second-order valence-corrected chi connectivity index (χ2v) is 5.61. The van der Waals surface area contributed by atoms with Gasteiger partial charge in [0.05, 0.1) is 0 Å². The van der Waals surface area contributed by atoms with Crippen LogP contribution in [0.15, 0.2) is 12.7 Å². The molecule has 0 rings (SSSR count). The minimum absolute atomic E-state index is 0.460. The average Bonchev–Trinajstić information content (AvgIpc) is 2.18. The smallest absolute Gasteiger partial charge is 0.0302 e. The first-order valence-corrected chi connectivity index (χ1v) is 6.66. The highest BCUT2D eigenvalue weighted by atomic mass is 14.2. The third-order valence-corrected chi connectivity index (χ3v) is 3.47. The van der Waals surface area contributed by atoms with Crippen molar-refractivity contribution in [3.05, 3.63) is 12.7 Å². The molecule has 0 N–H and O–H groups in total. The highest BCUT2D eigenvalue weighted by molar-refractivity contribution is 4.80. The van der Waals surface area contributed by atoms with Crippen LogP contribution in [-0.4, -0.2) is 0 Å². The molecule has 0 aliphatic rings. The molecular weight excluding hydrogens is 180 g/mol. The summed E-state index contributed by atoms with van der Waals surface area (Å²) in [5.74, 6) is 0.953. The molecule has 0 saturated heterocycles. The van der Waals surface area contributed by atoms with E-state index in [9.17, 15) is 0 Å². The van der Waals surface area contributed by atoms with Gasteiger partial charge in [0, 0.05) is 0 Å². The fourth-order valence-electron chi connectivity index (χ4n) is 2.13. The fraction of sp³-hybridized carbons (Fsp3) is 0.867. The predicted octanol–water partition coefficient (Wildman–Crippen LogP) is 5.59. The molecule has 0 amide bonds. The minimum atomic E-state index is 0.460. The Morgan fingerprint density at radius 3 is 2.33 bits per heavy atom. The van der Waals surface area contributed by atoms with Crippen molar-refractivity contribution in [2.45, 2.75) is 72.6 Å². The van der Waals surface area contributed by atoms with Gasteiger partial charge in [0.25, 0.3) is 0 Å². The molecule has 0 aromatic rings. The van der Waals surface area contributed by atoms with Crippen LogP contribution in [0.3, 0.4) is 0 Å². The summed E-state index contributed by atoms with van der Waals surface area (Å²) in [6.07, 6.45) is 11.5. The number of hydrogen-bond donors (Lipinski definition) is 0. The summed E-state index contributed by atoms with van der Waals surface area (Å²) in [6.45, 7) is 13.2. The summed E-state index contributed by atoms with van der Waals surface area (Å²) < 4.78 is 0. The Hall–Kier alpha value is -0.260. The molecule has 90 valence electrons. The molecule has 1 unspecified atom stereocenters. The van der Waals surface area contributed by atoms with Crippen molar-refractivity contribution in [3.63, 3.8) is 0 Å². The maximum atomic E-state index is 3.84. The zero-order valence-electron chi connectivity index (χ0n) is 11.3. The Morgan fingerprint density at radius 1 is 1.20 bits per heavy atom. The monoisotopic (exact) mass is 210 g/mol. The predicted molar refractivity (Wildman–Crippen MR) is 71.1 cm³/mol. The largest absolute Gasteiger partial charge is 0.103 e. The van der Waals surface area contributed by atoms with Gasteiger partial charge < -0.3 is 0 Å². The zero-order chi connectivity index (χ0) is 11.7. The summed E-state index contributed by atoms with van der Waals surface area (Å²) in [6, 6.07) is 0. The maximum Gasteiger partial charge on any atom is -0.0302 e. The number of unbranched alkanes of at least 4 members (excludes halogenated alkanes) is 1. The lowest BCUT2D eigenvalue weighted by Crippen LogP contribution is -2.12. The van der Waals surface area contributed by atoms with E-state index in [4.69, 9.17) is 0 Å². The molecular formula is C15H30. The van der Waals surface area contributed by atoms with Crippen LogP contribution in [0.4, 0.5) is 0 Å². The van der Waals surface area contributed by atoms with Crippen LogP contribution < -0.4 is 0 Å². The highest BCUT2D eigenvalue weighted by Crippen LogP contribution is 2.31. The first-order valence-electron chi connectivity index (χ1n) is 6.66. The van der Waals surface area contributed by atoms with E-state index < -0.39 is 0 Å². The van der Waals surface area contributed by atoms with Crippen molar-refractivity contribution >= 4 is 0 Å². The van der Waals surface area contributed by atoms with Crippen molar-refractivity contribution < 1.29 is 0 Å². The van der Waals surface area contributed by atoms with Crippen LogP contribution >= 0.6 is 0 Å². The first-order chi connectivity index (χ1) is 7.05. The third kappa shape index (κ3) is 7.64. The Labute approximate surface area is 97.2 Å². The van der Waals surface area contributed by atoms with E-state index in [2.05, 4.69) is 40.3 Å². The summed E-state index contributed by atoms with van der Waals surface area (Å²) in [4.78, 5) is 0. The molecule has 0 heterocycles. The molecule has 0 aromatic carbocycles. The van der Waals surface area contributed by atoms with Crippen molar-refractivity contribution in [3.8, 4) is 0 Å². The van der Waals surface area contributed by atoms with Crippen LogP contribution in [0.25, 0.3) is 0 Å². The van der Waals surface area contributed by atoms with Crippen LogP contribution in [0.1, 0.15) is 72.6 Å². The van der Waals surface area contributed by atoms with Gasteiger partial charge in [-0.2, -0.15) is 0 Å². The van der Waals surface area contributed by atoms with E-state index >= 15 is 0 Å². The molecule has 0 aliphatic heterocycles. The quantitative estimate of drug-likeness (QED) is 0.435. The lowest BCUT2D eigenvalue weighted by molar-refractivity contribution is 0.283. The third-order valence-electron chi connectivity index (χ3n) is 3.47. The number of rotatable bonds is 9. The maximum absolute atomic E-state index is 3.84. The van der Waals surface area contributed by atoms with Gasteiger partial charge in [0.15, 0.2) is 0 Å². The van der Waals surface area contributed by atoms with Gasteiger partial charge in [-0.3, -0.25) is 0 Å². The molecule has 0 fully saturated rings. The first kappa shape index (κ1) is 14.7. The molecule has 0 aliphatic carbocycles. The van der Waals surface area contributed by atoms with Crippen LogP contribution in [0.5, 0.6) is 0 Å². The van der Waals surface area contributed by atoms with E-state index in [1.54, 1.807) is 0 Å². The van der Waals surface area contributed by atoms with Gasteiger partial charge >= 0.3 is 0 Å². The summed E-state index contributed by atoms with van der Waals surface area (Å²) >= 11 is 0. The lowest BCUT2D eigenvalue weighted by atomic mass is 9.80. The Kier molecular flexibility index (Phi) is 7.82. The molecule has 0 bridgehead atoms. The zero-order valence-corrected chi connectivity index (χ0v) is 11.3. The van der Waals surface area contributed by atoms with E-state index in [1.807, 2.05) is 0 Å². The van der Waals surface area contributed by atoms with Crippen LogP contribution in [-0.2, 0) is 0 Å². The van der Waals surface area contributed by atoms with Gasteiger partial charge in [-0.15, -0.1) is 6.58 Å². The molecule has 15 heavy (non-hydrogen) atoms. The van der Waals surface area contributed by atoms with Gasteiger partial charge in [0.1, 0.15) is 0 Å². The Morgan fingerprint density at radius 2 is 1.87 bits per heavy atom. The molecule has 0 spiro atoms. The fourth-order valence-corrected chi connectivity index (χ4v) is 2.13.